The molecule has 1 aliphatic carbocycles. The zero-order chi connectivity index (χ0) is 9.26. The van der Waals surface area contributed by atoms with Crippen molar-refractivity contribution < 1.29 is 9.18 Å². The maximum atomic E-state index is 12.7. The second kappa shape index (κ2) is 3.17. The Morgan fingerprint density at radius 1 is 1.46 bits per heavy atom. The van der Waals surface area contributed by atoms with E-state index in [-0.39, 0.29) is 11.7 Å². The molecule has 2 nitrogen and oxygen atoms in total. The maximum absolute atomic E-state index is 12.7. The Kier molecular flexibility index (Phi) is 2.00. The highest BCUT2D eigenvalue weighted by atomic mass is 19.1. The van der Waals surface area contributed by atoms with Gasteiger partial charge in [-0.05, 0) is 31.0 Å². The van der Waals surface area contributed by atoms with Crippen LogP contribution in [0, 0.1) is 5.82 Å². The Bertz CT molecular complexity index is 333. The minimum absolute atomic E-state index is 0.179. The number of hydrogen-bond acceptors (Lipinski definition) is 1. The van der Waals surface area contributed by atoms with Crippen molar-refractivity contribution >= 4 is 5.91 Å². The molecule has 2 rings (SSSR count). The van der Waals surface area contributed by atoms with Gasteiger partial charge in [0, 0.05) is 11.6 Å². The molecule has 1 aromatic carbocycles. The van der Waals surface area contributed by atoms with E-state index >= 15 is 0 Å². The van der Waals surface area contributed by atoms with Crippen LogP contribution < -0.4 is 5.32 Å². The smallest absolute Gasteiger partial charge is 0.251 e. The van der Waals surface area contributed by atoms with E-state index < -0.39 is 0 Å². The standard InChI is InChI=1S/C10H10FNO/c11-8-3-1-2-7(6-8)10(13)12-9-4-5-9/h1-3,6,9H,4-5H2,(H,12,13). The summed E-state index contributed by atoms with van der Waals surface area (Å²) in [5.41, 5.74) is 0.395. The van der Waals surface area contributed by atoms with Gasteiger partial charge in [0.15, 0.2) is 0 Å². The fourth-order valence-corrected chi connectivity index (χ4v) is 1.13. The monoisotopic (exact) mass is 179 g/mol. The molecule has 0 unspecified atom stereocenters. The van der Waals surface area contributed by atoms with Gasteiger partial charge in [-0.3, -0.25) is 4.79 Å². The van der Waals surface area contributed by atoms with Gasteiger partial charge in [0.25, 0.3) is 5.91 Å². The van der Waals surface area contributed by atoms with Crippen LogP contribution >= 0.6 is 0 Å². The molecular weight excluding hydrogens is 169 g/mol. The summed E-state index contributed by atoms with van der Waals surface area (Å²) >= 11 is 0. The maximum Gasteiger partial charge on any atom is 0.251 e. The van der Waals surface area contributed by atoms with Gasteiger partial charge in [0.2, 0.25) is 0 Å². The molecule has 0 spiro atoms. The van der Waals surface area contributed by atoms with E-state index in [4.69, 9.17) is 0 Å². The number of halogens is 1. The molecule has 1 N–H and O–H groups in total. The lowest BCUT2D eigenvalue weighted by Crippen LogP contribution is -2.25. The first-order chi connectivity index (χ1) is 6.25. The normalized spacial score (nSPS) is 15.5. The van der Waals surface area contributed by atoms with Crippen molar-refractivity contribution in [2.45, 2.75) is 18.9 Å². The van der Waals surface area contributed by atoms with Crippen LogP contribution in [0.25, 0.3) is 0 Å². The largest absolute Gasteiger partial charge is 0.349 e. The summed E-state index contributed by atoms with van der Waals surface area (Å²) in [4.78, 5) is 11.4. The second-order valence-corrected chi connectivity index (χ2v) is 3.26. The molecule has 0 radical (unpaired) electrons. The molecule has 0 heterocycles. The van der Waals surface area contributed by atoms with Gasteiger partial charge in [0.05, 0.1) is 0 Å². The van der Waals surface area contributed by atoms with E-state index in [1.165, 1.54) is 18.2 Å². The summed E-state index contributed by atoms with van der Waals surface area (Å²) < 4.78 is 12.7. The van der Waals surface area contributed by atoms with Gasteiger partial charge in [-0.25, -0.2) is 4.39 Å². The first kappa shape index (κ1) is 8.23. The zero-order valence-corrected chi connectivity index (χ0v) is 7.09. The summed E-state index contributed by atoms with van der Waals surface area (Å²) in [6.45, 7) is 0. The highest BCUT2D eigenvalue weighted by Gasteiger charge is 2.23. The van der Waals surface area contributed by atoms with Crippen LogP contribution in [-0.2, 0) is 0 Å². The molecule has 0 aromatic heterocycles. The van der Waals surface area contributed by atoms with Gasteiger partial charge in [-0.2, -0.15) is 0 Å². The molecule has 68 valence electrons. The molecule has 0 bridgehead atoms. The Balaban J connectivity index is 2.09. The fraction of sp³-hybridized carbons (Fsp3) is 0.300. The third kappa shape index (κ3) is 2.05. The molecule has 0 saturated heterocycles. The van der Waals surface area contributed by atoms with E-state index in [0.717, 1.165) is 12.8 Å². The molecule has 1 aromatic rings. The fourth-order valence-electron chi connectivity index (χ4n) is 1.13. The highest BCUT2D eigenvalue weighted by molar-refractivity contribution is 5.94. The second-order valence-electron chi connectivity index (χ2n) is 3.26. The minimum atomic E-state index is -0.372. The van der Waals surface area contributed by atoms with Gasteiger partial charge in [-0.1, -0.05) is 6.07 Å². The summed E-state index contributed by atoms with van der Waals surface area (Å²) in [6, 6.07) is 6.04. The van der Waals surface area contributed by atoms with Crippen molar-refractivity contribution in [2.75, 3.05) is 0 Å². The Labute approximate surface area is 75.8 Å². The third-order valence-corrected chi connectivity index (χ3v) is 2.00. The molecular formula is C10H10FNO. The lowest BCUT2D eigenvalue weighted by atomic mass is 10.2. The van der Waals surface area contributed by atoms with Crippen molar-refractivity contribution in [1.82, 2.24) is 5.32 Å². The van der Waals surface area contributed by atoms with Crippen LogP contribution in [0.1, 0.15) is 23.2 Å². The number of nitrogens with one attached hydrogen (secondary N) is 1. The molecule has 0 atom stereocenters. The van der Waals surface area contributed by atoms with E-state index in [0.29, 0.717) is 11.6 Å². The Hall–Kier alpha value is -1.38. The Morgan fingerprint density at radius 3 is 2.85 bits per heavy atom. The van der Waals surface area contributed by atoms with Gasteiger partial charge in [0.1, 0.15) is 5.82 Å². The van der Waals surface area contributed by atoms with Crippen molar-refractivity contribution in [2.24, 2.45) is 0 Å². The van der Waals surface area contributed by atoms with Crippen molar-refractivity contribution in [1.29, 1.82) is 0 Å². The van der Waals surface area contributed by atoms with E-state index in [9.17, 15) is 9.18 Å². The van der Waals surface area contributed by atoms with Crippen LogP contribution in [0.15, 0.2) is 24.3 Å². The van der Waals surface area contributed by atoms with Crippen LogP contribution in [0.2, 0.25) is 0 Å². The molecule has 1 amide bonds. The number of amides is 1. The molecule has 13 heavy (non-hydrogen) atoms. The van der Waals surface area contributed by atoms with Crippen LogP contribution in [0.3, 0.4) is 0 Å². The average molecular weight is 179 g/mol. The van der Waals surface area contributed by atoms with Crippen LogP contribution in [-0.4, -0.2) is 11.9 Å². The summed E-state index contributed by atoms with van der Waals surface area (Å²) in [6.07, 6.45) is 2.09. The molecule has 0 aliphatic heterocycles. The minimum Gasteiger partial charge on any atom is -0.349 e. The highest BCUT2D eigenvalue weighted by Crippen LogP contribution is 2.19. The first-order valence-electron chi connectivity index (χ1n) is 4.32. The van der Waals surface area contributed by atoms with Crippen LogP contribution in [0.4, 0.5) is 4.39 Å². The molecule has 3 heteroatoms. The lowest BCUT2D eigenvalue weighted by Gasteiger charge is -2.02. The predicted octanol–water partition coefficient (Wildman–Crippen LogP) is 1.72. The van der Waals surface area contributed by atoms with Gasteiger partial charge < -0.3 is 5.32 Å². The SMILES string of the molecule is O=C(NC1CC1)c1cccc(F)c1. The quantitative estimate of drug-likeness (QED) is 0.735. The van der Waals surface area contributed by atoms with E-state index in [1.807, 2.05) is 0 Å². The van der Waals surface area contributed by atoms with Crippen molar-refractivity contribution in [3.05, 3.63) is 35.6 Å². The number of rotatable bonds is 2. The molecule has 1 fully saturated rings. The summed E-state index contributed by atoms with van der Waals surface area (Å²) in [5.74, 6) is -0.551. The van der Waals surface area contributed by atoms with Crippen molar-refractivity contribution in [3.63, 3.8) is 0 Å². The molecule has 1 aliphatic rings. The van der Waals surface area contributed by atoms with E-state index in [1.54, 1.807) is 6.07 Å². The zero-order valence-electron chi connectivity index (χ0n) is 7.09. The lowest BCUT2D eigenvalue weighted by molar-refractivity contribution is 0.0950. The average Bonchev–Trinajstić information content (AvgIpc) is 2.88. The predicted molar refractivity (Wildman–Crippen MR) is 46.9 cm³/mol. The molecule has 1 saturated carbocycles. The number of hydrogen-bond donors (Lipinski definition) is 1. The first-order valence-corrected chi connectivity index (χ1v) is 4.32. The summed E-state index contributed by atoms with van der Waals surface area (Å²) in [7, 11) is 0. The van der Waals surface area contributed by atoms with Gasteiger partial charge >= 0.3 is 0 Å². The number of benzene rings is 1. The summed E-state index contributed by atoms with van der Waals surface area (Å²) in [5, 5.41) is 2.79. The van der Waals surface area contributed by atoms with Crippen LogP contribution in [0.5, 0.6) is 0 Å². The third-order valence-electron chi connectivity index (χ3n) is 2.00. The Morgan fingerprint density at radius 2 is 2.23 bits per heavy atom. The van der Waals surface area contributed by atoms with Crippen molar-refractivity contribution in [3.8, 4) is 0 Å². The van der Waals surface area contributed by atoms with Gasteiger partial charge in [-0.15, -0.1) is 0 Å². The number of carbonyl (C=O) groups excluding carboxylic acids is 1. The number of carbonyl (C=O) groups is 1. The topological polar surface area (TPSA) is 29.1 Å². The van der Waals surface area contributed by atoms with E-state index in [2.05, 4.69) is 5.32 Å².